The minimum absolute atomic E-state index is 0.114. The summed E-state index contributed by atoms with van der Waals surface area (Å²) in [7, 11) is -4.02. The number of rotatable bonds is 4. The van der Waals surface area contributed by atoms with Gasteiger partial charge in [-0.1, -0.05) is 11.6 Å². The summed E-state index contributed by atoms with van der Waals surface area (Å²) < 4.78 is 39.3. The highest BCUT2D eigenvalue weighted by atomic mass is 35.5. The Morgan fingerprint density at radius 1 is 1.47 bits per heavy atom. The van der Waals surface area contributed by atoms with Crippen molar-refractivity contribution in [2.75, 3.05) is 6.61 Å². The van der Waals surface area contributed by atoms with Crippen LogP contribution in [0.25, 0.3) is 0 Å². The van der Waals surface area contributed by atoms with E-state index in [-0.39, 0.29) is 5.02 Å². The second-order valence-corrected chi connectivity index (χ2v) is 6.31. The number of nitrogens with one attached hydrogen (secondary N) is 1. The first-order chi connectivity index (χ1) is 7.68. The van der Waals surface area contributed by atoms with Crippen LogP contribution in [0.5, 0.6) is 0 Å². The van der Waals surface area contributed by atoms with E-state index in [9.17, 15) is 12.8 Å². The Bertz CT molecular complexity index is 516. The van der Waals surface area contributed by atoms with Crippen molar-refractivity contribution >= 4 is 21.6 Å². The summed E-state index contributed by atoms with van der Waals surface area (Å²) in [4.78, 5) is -0.497. The van der Waals surface area contributed by atoms with Crippen LogP contribution in [-0.4, -0.2) is 25.7 Å². The lowest BCUT2D eigenvalue weighted by Gasteiger charge is -2.23. The molecule has 0 saturated carbocycles. The van der Waals surface area contributed by atoms with Crippen LogP contribution < -0.4 is 4.72 Å². The van der Waals surface area contributed by atoms with E-state index >= 15 is 0 Å². The first-order valence-corrected chi connectivity index (χ1v) is 6.64. The van der Waals surface area contributed by atoms with Gasteiger partial charge in [-0.25, -0.2) is 17.5 Å². The third kappa shape index (κ3) is 3.64. The molecule has 0 saturated heterocycles. The summed E-state index contributed by atoms with van der Waals surface area (Å²) in [5.41, 5.74) is -1.06. The van der Waals surface area contributed by atoms with Gasteiger partial charge in [-0.2, -0.15) is 0 Å². The number of aliphatic hydroxyl groups is 1. The molecule has 0 unspecified atom stereocenters. The summed E-state index contributed by atoms with van der Waals surface area (Å²) in [6.07, 6.45) is 0. The van der Waals surface area contributed by atoms with Gasteiger partial charge in [-0.15, -0.1) is 0 Å². The van der Waals surface area contributed by atoms with Crippen LogP contribution in [0.2, 0.25) is 5.02 Å². The molecule has 0 atom stereocenters. The predicted octanol–water partition coefficient (Wildman–Crippen LogP) is 1.53. The highest BCUT2D eigenvalue weighted by Gasteiger charge is 2.27. The summed E-state index contributed by atoms with van der Waals surface area (Å²) in [6.45, 7) is 2.57. The minimum atomic E-state index is -4.02. The normalized spacial score (nSPS) is 12.8. The Morgan fingerprint density at radius 2 is 2.06 bits per heavy atom. The quantitative estimate of drug-likeness (QED) is 0.879. The highest BCUT2D eigenvalue weighted by molar-refractivity contribution is 7.89. The van der Waals surface area contributed by atoms with E-state index in [1.165, 1.54) is 19.9 Å². The average Bonchev–Trinajstić information content (AvgIpc) is 2.15. The number of hydrogen-bond donors (Lipinski definition) is 2. The smallest absolute Gasteiger partial charge is 0.244 e. The zero-order valence-corrected chi connectivity index (χ0v) is 10.9. The Balaban J connectivity index is 3.14. The highest BCUT2D eigenvalue weighted by Crippen LogP contribution is 2.20. The summed E-state index contributed by atoms with van der Waals surface area (Å²) >= 11 is 5.53. The monoisotopic (exact) mass is 281 g/mol. The molecule has 0 spiro atoms. The van der Waals surface area contributed by atoms with Gasteiger partial charge in [0.15, 0.2) is 0 Å². The summed E-state index contributed by atoms with van der Waals surface area (Å²) in [5, 5.41) is 9.09. The Morgan fingerprint density at radius 3 is 2.53 bits per heavy atom. The molecule has 0 amide bonds. The van der Waals surface area contributed by atoms with Crippen LogP contribution in [0.4, 0.5) is 4.39 Å². The predicted molar refractivity (Wildman–Crippen MR) is 62.9 cm³/mol. The maximum Gasteiger partial charge on any atom is 0.244 e. The first-order valence-electron chi connectivity index (χ1n) is 4.78. The van der Waals surface area contributed by atoms with Gasteiger partial charge in [0, 0.05) is 5.02 Å². The molecule has 2 N–H and O–H groups in total. The molecule has 0 fully saturated rings. The Labute approximate surface area is 104 Å². The van der Waals surface area contributed by atoms with Crippen molar-refractivity contribution in [1.82, 2.24) is 4.72 Å². The van der Waals surface area contributed by atoms with E-state index in [4.69, 9.17) is 16.7 Å². The molecule has 7 heteroatoms. The minimum Gasteiger partial charge on any atom is -0.394 e. The fourth-order valence-electron chi connectivity index (χ4n) is 1.14. The molecule has 0 radical (unpaired) electrons. The average molecular weight is 282 g/mol. The van der Waals surface area contributed by atoms with Gasteiger partial charge in [0.2, 0.25) is 10.0 Å². The third-order valence-corrected chi connectivity index (χ3v) is 3.96. The van der Waals surface area contributed by atoms with Gasteiger partial charge >= 0.3 is 0 Å². The van der Waals surface area contributed by atoms with E-state index in [1.807, 2.05) is 0 Å². The van der Waals surface area contributed by atoms with Crippen molar-refractivity contribution in [3.63, 3.8) is 0 Å². The molecule has 17 heavy (non-hydrogen) atoms. The van der Waals surface area contributed by atoms with Crippen molar-refractivity contribution in [3.05, 3.63) is 29.0 Å². The Kier molecular flexibility index (Phi) is 4.14. The largest absolute Gasteiger partial charge is 0.394 e. The van der Waals surface area contributed by atoms with Crippen LogP contribution >= 0.6 is 11.6 Å². The molecular formula is C10H13ClFNO3S. The van der Waals surface area contributed by atoms with Crippen LogP contribution in [0, 0.1) is 5.82 Å². The zero-order valence-electron chi connectivity index (χ0n) is 9.37. The second kappa shape index (κ2) is 4.89. The molecule has 0 aliphatic rings. The zero-order chi connectivity index (χ0) is 13.3. The molecule has 1 rings (SSSR count). The summed E-state index contributed by atoms with van der Waals surface area (Å²) in [5.74, 6) is -0.932. The topological polar surface area (TPSA) is 66.4 Å². The van der Waals surface area contributed by atoms with Gasteiger partial charge in [0.05, 0.1) is 12.1 Å². The Hall–Kier alpha value is -0.690. The molecule has 0 aliphatic heterocycles. The maximum absolute atomic E-state index is 13.5. The van der Waals surface area contributed by atoms with E-state index in [2.05, 4.69) is 4.72 Å². The molecule has 96 valence electrons. The molecule has 0 aromatic heterocycles. The maximum atomic E-state index is 13.5. The van der Waals surface area contributed by atoms with Gasteiger partial charge < -0.3 is 5.11 Å². The lowest BCUT2D eigenvalue weighted by atomic mass is 10.1. The number of hydrogen-bond acceptors (Lipinski definition) is 3. The van der Waals surface area contributed by atoms with Crippen LogP contribution in [-0.2, 0) is 10.0 Å². The third-order valence-electron chi connectivity index (χ3n) is 1.99. The fraction of sp³-hybridized carbons (Fsp3) is 0.400. The number of aliphatic hydroxyl groups excluding tert-OH is 1. The van der Waals surface area contributed by atoms with Gasteiger partial charge in [0.25, 0.3) is 0 Å². The molecule has 1 aromatic carbocycles. The molecule has 0 bridgehead atoms. The first kappa shape index (κ1) is 14.4. The number of halogens is 2. The number of sulfonamides is 1. The van der Waals surface area contributed by atoms with E-state index < -0.39 is 32.9 Å². The van der Waals surface area contributed by atoms with E-state index in [0.717, 1.165) is 12.1 Å². The molecule has 4 nitrogen and oxygen atoms in total. The lowest BCUT2D eigenvalue weighted by molar-refractivity contribution is 0.208. The summed E-state index contributed by atoms with van der Waals surface area (Å²) in [6, 6.07) is 3.28. The van der Waals surface area contributed by atoms with E-state index in [0.29, 0.717) is 0 Å². The molecule has 0 heterocycles. The van der Waals surface area contributed by atoms with Crippen LogP contribution in [0.15, 0.2) is 23.1 Å². The SMILES string of the molecule is CC(C)(CO)NS(=O)(=O)c1ccc(Cl)cc1F. The molecular weight excluding hydrogens is 269 g/mol. The standard InChI is InChI=1S/C10H13ClFNO3S/c1-10(2,6-14)13-17(15,16)9-4-3-7(11)5-8(9)12/h3-5,13-14H,6H2,1-2H3. The van der Waals surface area contributed by atoms with Crippen molar-refractivity contribution < 1.29 is 17.9 Å². The molecule has 0 aliphatic carbocycles. The van der Waals surface area contributed by atoms with Crippen molar-refractivity contribution in [1.29, 1.82) is 0 Å². The van der Waals surface area contributed by atoms with Gasteiger partial charge in [0.1, 0.15) is 10.7 Å². The van der Waals surface area contributed by atoms with Crippen LogP contribution in [0.1, 0.15) is 13.8 Å². The van der Waals surface area contributed by atoms with Gasteiger partial charge in [-0.3, -0.25) is 0 Å². The van der Waals surface area contributed by atoms with E-state index in [1.54, 1.807) is 0 Å². The fourth-order valence-corrected chi connectivity index (χ4v) is 2.77. The lowest BCUT2D eigenvalue weighted by Crippen LogP contribution is -2.46. The van der Waals surface area contributed by atoms with Gasteiger partial charge in [-0.05, 0) is 32.0 Å². The second-order valence-electron chi connectivity index (χ2n) is 4.22. The number of benzene rings is 1. The van der Waals surface area contributed by atoms with Crippen molar-refractivity contribution in [3.8, 4) is 0 Å². The van der Waals surface area contributed by atoms with Crippen molar-refractivity contribution in [2.45, 2.75) is 24.3 Å². The van der Waals surface area contributed by atoms with Crippen molar-refractivity contribution in [2.24, 2.45) is 0 Å². The molecule has 1 aromatic rings. The van der Waals surface area contributed by atoms with Crippen LogP contribution in [0.3, 0.4) is 0 Å².